The van der Waals surface area contributed by atoms with Crippen molar-refractivity contribution < 1.29 is 9.53 Å². The zero-order valence-electron chi connectivity index (χ0n) is 17.7. The van der Waals surface area contributed by atoms with Gasteiger partial charge in [-0.25, -0.2) is 9.48 Å². The van der Waals surface area contributed by atoms with Gasteiger partial charge in [0.25, 0.3) is 5.56 Å². The molecule has 0 spiro atoms. The number of ether oxygens (including phenoxy) is 1. The number of hydrogen-bond acceptors (Lipinski definition) is 6. The van der Waals surface area contributed by atoms with Crippen LogP contribution >= 0.6 is 23.2 Å². The van der Waals surface area contributed by atoms with E-state index in [1.807, 2.05) is 37.3 Å². The fourth-order valence-electron chi connectivity index (χ4n) is 3.05. The van der Waals surface area contributed by atoms with Crippen LogP contribution in [-0.2, 0) is 6.54 Å². The molecule has 0 saturated carbocycles. The number of anilines is 1. The fraction of sp³-hybridized carbons (Fsp3) is 0.0870. The molecule has 0 aliphatic carbocycles. The number of halogens is 2. The third-order valence-corrected chi connectivity index (χ3v) is 5.33. The van der Waals surface area contributed by atoms with Gasteiger partial charge in [-0.2, -0.15) is 15.4 Å². The molecule has 11 heteroatoms. The van der Waals surface area contributed by atoms with E-state index < -0.39 is 6.03 Å². The molecule has 2 heterocycles. The number of benzene rings is 2. The minimum absolute atomic E-state index is 0.0616. The summed E-state index contributed by atoms with van der Waals surface area (Å²) in [5, 5.41) is 20.9. The van der Waals surface area contributed by atoms with Gasteiger partial charge < -0.3 is 10.1 Å². The average Bonchev–Trinajstić information content (AvgIpc) is 2.80. The Morgan fingerprint density at radius 3 is 2.44 bits per heavy atom. The van der Waals surface area contributed by atoms with E-state index in [1.165, 1.54) is 28.9 Å². The average molecular weight is 495 g/mol. The molecule has 3 aromatic rings. The first-order valence-electron chi connectivity index (χ1n) is 9.85. The second-order valence-corrected chi connectivity index (χ2v) is 8.09. The number of nitrogens with one attached hydrogen (secondary N) is 1. The molecular formula is C23H16Cl2N6O3. The van der Waals surface area contributed by atoms with E-state index in [0.29, 0.717) is 0 Å². The number of hydrazone groups is 1. The largest absolute Gasteiger partial charge is 0.434 e. The highest BCUT2D eigenvalue weighted by molar-refractivity contribution is 6.37. The van der Waals surface area contributed by atoms with Crippen LogP contribution in [0.1, 0.15) is 11.1 Å². The number of amides is 2. The maximum Gasteiger partial charge on any atom is 0.347 e. The number of carbonyl (C=O) groups excluding carboxylic acids is 1. The summed E-state index contributed by atoms with van der Waals surface area (Å²) >= 11 is 12.7. The Morgan fingerprint density at radius 2 is 1.79 bits per heavy atom. The number of urea groups is 1. The number of allylic oxidation sites excluding steroid dienone is 1. The normalized spacial score (nSPS) is 13.2. The van der Waals surface area contributed by atoms with Gasteiger partial charge in [0.2, 0.25) is 5.88 Å². The van der Waals surface area contributed by atoms with Crippen molar-refractivity contribution in [2.24, 2.45) is 5.10 Å². The molecule has 1 aromatic heterocycles. The molecule has 0 atom stereocenters. The Morgan fingerprint density at radius 1 is 1.12 bits per heavy atom. The van der Waals surface area contributed by atoms with Crippen LogP contribution in [0.15, 0.2) is 70.7 Å². The van der Waals surface area contributed by atoms with Crippen molar-refractivity contribution in [3.63, 3.8) is 0 Å². The summed E-state index contributed by atoms with van der Waals surface area (Å²) in [4.78, 5) is 24.5. The van der Waals surface area contributed by atoms with Crippen LogP contribution in [0.25, 0.3) is 0 Å². The van der Waals surface area contributed by atoms with Crippen molar-refractivity contribution >= 4 is 40.6 Å². The Bertz CT molecular complexity index is 1420. The topological polar surface area (TPSA) is 113 Å². The minimum atomic E-state index is -0.630. The van der Waals surface area contributed by atoms with Gasteiger partial charge in [0, 0.05) is 12.1 Å². The molecule has 0 radical (unpaired) electrons. The SMILES string of the molecule is C=C1NC(=O)N(c2cc(Cl)c(Oc3ccc(=O)n(Cc4ccc(C)cc4)n3)c(Cl)c2)N=C1C#N. The summed E-state index contributed by atoms with van der Waals surface area (Å²) in [7, 11) is 0. The van der Waals surface area contributed by atoms with Gasteiger partial charge >= 0.3 is 6.03 Å². The van der Waals surface area contributed by atoms with Crippen molar-refractivity contribution in [1.82, 2.24) is 15.1 Å². The van der Waals surface area contributed by atoms with Crippen LogP contribution in [0.2, 0.25) is 10.0 Å². The number of aryl methyl sites for hydroxylation is 1. The third kappa shape index (κ3) is 4.78. The van der Waals surface area contributed by atoms with E-state index in [4.69, 9.17) is 33.2 Å². The first-order chi connectivity index (χ1) is 16.2. The fourth-order valence-corrected chi connectivity index (χ4v) is 3.60. The van der Waals surface area contributed by atoms with Crippen LogP contribution in [0.3, 0.4) is 0 Å². The lowest BCUT2D eigenvalue weighted by Gasteiger charge is -2.24. The van der Waals surface area contributed by atoms with Gasteiger partial charge in [0.05, 0.1) is 28.0 Å². The summed E-state index contributed by atoms with van der Waals surface area (Å²) in [6.45, 7) is 5.80. The van der Waals surface area contributed by atoms with Crippen molar-refractivity contribution in [3.05, 3.63) is 92.3 Å². The van der Waals surface area contributed by atoms with E-state index in [-0.39, 0.29) is 50.9 Å². The molecular weight excluding hydrogens is 479 g/mol. The van der Waals surface area contributed by atoms with Crippen LogP contribution in [0.4, 0.5) is 10.5 Å². The van der Waals surface area contributed by atoms with Crippen molar-refractivity contribution in [3.8, 4) is 17.7 Å². The van der Waals surface area contributed by atoms with E-state index in [9.17, 15) is 9.59 Å². The van der Waals surface area contributed by atoms with Crippen molar-refractivity contribution in [2.45, 2.75) is 13.5 Å². The van der Waals surface area contributed by atoms with E-state index in [1.54, 1.807) is 0 Å². The maximum atomic E-state index is 12.3. The molecule has 9 nitrogen and oxygen atoms in total. The monoisotopic (exact) mass is 494 g/mol. The lowest BCUT2D eigenvalue weighted by atomic mass is 10.1. The van der Waals surface area contributed by atoms with Crippen LogP contribution in [0, 0.1) is 18.3 Å². The second kappa shape index (κ2) is 9.39. The molecule has 4 rings (SSSR count). The smallest absolute Gasteiger partial charge is 0.347 e. The van der Waals surface area contributed by atoms with Gasteiger partial charge in [-0.05, 0) is 24.6 Å². The molecule has 1 aliphatic heterocycles. The minimum Gasteiger partial charge on any atom is -0.434 e. The number of carbonyl (C=O) groups is 1. The quantitative estimate of drug-likeness (QED) is 0.555. The Balaban J connectivity index is 1.62. The zero-order chi connectivity index (χ0) is 24.4. The summed E-state index contributed by atoms with van der Waals surface area (Å²) in [5.74, 6) is 0.173. The molecule has 2 amide bonds. The van der Waals surface area contributed by atoms with Gasteiger partial charge in [-0.15, -0.1) is 5.10 Å². The van der Waals surface area contributed by atoms with Gasteiger partial charge in [0.15, 0.2) is 11.5 Å². The third-order valence-electron chi connectivity index (χ3n) is 4.77. The summed E-state index contributed by atoms with van der Waals surface area (Å²) < 4.78 is 7.03. The van der Waals surface area contributed by atoms with Gasteiger partial charge in [0.1, 0.15) is 6.07 Å². The summed E-state index contributed by atoms with van der Waals surface area (Å²) in [6.07, 6.45) is 0. The molecule has 170 valence electrons. The molecule has 0 saturated heterocycles. The predicted octanol–water partition coefficient (Wildman–Crippen LogP) is 4.62. The van der Waals surface area contributed by atoms with Gasteiger partial charge in [-0.1, -0.05) is 59.6 Å². The highest BCUT2D eigenvalue weighted by atomic mass is 35.5. The predicted molar refractivity (Wildman–Crippen MR) is 129 cm³/mol. The van der Waals surface area contributed by atoms with E-state index in [2.05, 4.69) is 22.1 Å². The molecule has 1 aliphatic rings. The van der Waals surface area contributed by atoms with Crippen LogP contribution < -0.4 is 20.6 Å². The number of nitrogens with zero attached hydrogens (tertiary/aromatic N) is 5. The van der Waals surface area contributed by atoms with Crippen molar-refractivity contribution in [2.75, 3.05) is 5.01 Å². The van der Waals surface area contributed by atoms with Crippen molar-refractivity contribution in [1.29, 1.82) is 5.26 Å². The lowest BCUT2D eigenvalue weighted by Crippen LogP contribution is -2.42. The zero-order valence-corrected chi connectivity index (χ0v) is 19.3. The lowest BCUT2D eigenvalue weighted by molar-refractivity contribution is 0.248. The van der Waals surface area contributed by atoms with E-state index in [0.717, 1.165) is 16.1 Å². The maximum absolute atomic E-state index is 12.3. The first kappa shape index (κ1) is 23.0. The molecule has 0 bridgehead atoms. The molecule has 0 fully saturated rings. The van der Waals surface area contributed by atoms with Crippen LogP contribution in [-0.4, -0.2) is 21.5 Å². The summed E-state index contributed by atoms with van der Waals surface area (Å²) in [5.41, 5.74) is 1.94. The number of aromatic nitrogens is 2. The number of nitriles is 1. The van der Waals surface area contributed by atoms with Gasteiger partial charge in [-0.3, -0.25) is 4.79 Å². The van der Waals surface area contributed by atoms with E-state index >= 15 is 0 Å². The molecule has 34 heavy (non-hydrogen) atoms. The Kier molecular flexibility index (Phi) is 6.36. The second-order valence-electron chi connectivity index (χ2n) is 7.27. The standard InChI is InChI=1S/C23H16Cl2N6O3/c1-13-3-5-15(6-4-13)12-30-21(32)8-7-20(29-30)34-22-17(24)9-16(10-18(22)25)31-23(33)27-14(2)19(11-26)28-31/h3-10H,2,12H2,1H3,(H,27,33). The molecule has 2 aromatic carbocycles. The Hall–Kier alpha value is -4.13. The van der Waals surface area contributed by atoms with Crippen LogP contribution in [0.5, 0.6) is 11.6 Å². The highest BCUT2D eigenvalue weighted by Gasteiger charge is 2.26. The highest BCUT2D eigenvalue weighted by Crippen LogP contribution is 2.39. The number of rotatable bonds is 5. The molecule has 0 unspecified atom stereocenters. The Labute approximate surface area is 204 Å². The first-order valence-corrected chi connectivity index (χ1v) is 10.6. The molecule has 1 N–H and O–H groups in total. The summed E-state index contributed by atoms with van der Waals surface area (Å²) in [6, 6.07) is 14.5. The number of hydrogen-bond donors (Lipinski definition) is 1.